The van der Waals surface area contributed by atoms with Gasteiger partial charge in [0.15, 0.2) is 0 Å². The zero-order chi connectivity index (χ0) is 21.0. The first-order valence-electron chi connectivity index (χ1n) is 10.5. The summed E-state index contributed by atoms with van der Waals surface area (Å²) in [5, 5.41) is 4.53. The Hall–Kier alpha value is -2.39. The van der Waals surface area contributed by atoms with Crippen molar-refractivity contribution in [2.45, 2.75) is 10.9 Å². The highest BCUT2D eigenvalue weighted by atomic mass is 32.2. The second kappa shape index (κ2) is 9.40. The lowest BCUT2D eigenvalue weighted by molar-refractivity contribution is 0.132. The number of imidazole rings is 1. The molecule has 0 N–H and O–H groups in total. The largest absolute Gasteiger partial charge is 0.300 e. The lowest BCUT2D eigenvalue weighted by atomic mass is 10.2. The van der Waals surface area contributed by atoms with Crippen molar-refractivity contribution in [3.63, 3.8) is 0 Å². The Morgan fingerprint density at radius 3 is 2.29 bits per heavy atom. The third kappa shape index (κ3) is 4.93. The molecule has 160 valence electrons. The molecule has 1 unspecified atom stereocenters. The van der Waals surface area contributed by atoms with E-state index in [0.717, 1.165) is 55.5 Å². The van der Waals surface area contributed by atoms with Crippen LogP contribution in [0.1, 0.15) is 5.56 Å². The van der Waals surface area contributed by atoms with E-state index in [9.17, 15) is 4.21 Å². The van der Waals surface area contributed by atoms with Crippen LogP contribution in [0, 0.1) is 0 Å². The van der Waals surface area contributed by atoms with Gasteiger partial charge in [-0.3, -0.25) is 14.0 Å². The van der Waals surface area contributed by atoms with Crippen molar-refractivity contribution >= 4 is 27.1 Å². The van der Waals surface area contributed by atoms with E-state index in [1.807, 2.05) is 36.5 Å². The second-order valence-corrected chi connectivity index (χ2v) is 10.4. The molecule has 31 heavy (non-hydrogen) atoms. The fraction of sp³-hybridized carbons (Fsp3) is 0.304. The van der Waals surface area contributed by atoms with Crippen LogP contribution in [0.25, 0.3) is 16.2 Å². The molecular weight excluding hydrogens is 426 g/mol. The summed E-state index contributed by atoms with van der Waals surface area (Å²) in [5.41, 5.74) is 3.32. The zero-order valence-corrected chi connectivity index (χ0v) is 18.9. The molecule has 0 spiro atoms. The molecule has 0 saturated carbocycles. The summed E-state index contributed by atoms with van der Waals surface area (Å²) in [7, 11) is -1.10. The fourth-order valence-corrected chi connectivity index (χ4v) is 6.07. The minimum atomic E-state index is -1.10. The predicted octanol–water partition coefficient (Wildman–Crippen LogP) is 3.38. The maximum absolute atomic E-state index is 12.8. The van der Waals surface area contributed by atoms with E-state index in [0.29, 0.717) is 10.1 Å². The molecule has 0 aliphatic carbocycles. The number of benzene rings is 2. The molecule has 0 amide bonds. The lowest BCUT2D eigenvalue weighted by Gasteiger charge is -2.34. The Balaban J connectivity index is 1.12. The molecule has 1 fully saturated rings. The maximum atomic E-state index is 12.8. The van der Waals surface area contributed by atoms with Crippen molar-refractivity contribution in [1.29, 1.82) is 0 Å². The SMILES string of the molecule is O=S(CCN1CCN(Cc2ccccc2)CC1)c1nn2cc(-c3ccccc3)nc2s1. The smallest absolute Gasteiger partial charge is 0.213 e. The Labute approximate surface area is 188 Å². The van der Waals surface area contributed by atoms with Crippen LogP contribution in [-0.2, 0) is 17.3 Å². The number of nitrogens with zero attached hydrogens (tertiary/aromatic N) is 5. The summed E-state index contributed by atoms with van der Waals surface area (Å²) in [6.07, 6.45) is 1.91. The van der Waals surface area contributed by atoms with Gasteiger partial charge < -0.3 is 0 Å². The van der Waals surface area contributed by atoms with E-state index in [4.69, 9.17) is 0 Å². The molecule has 8 heteroatoms. The molecule has 3 heterocycles. The molecule has 2 aromatic carbocycles. The van der Waals surface area contributed by atoms with Crippen molar-refractivity contribution in [2.24, 2.45) is 0 Å². The third-order valence-corrected chi connectivity index (χ3v) is 8.15. The van der Waals surface area contributed by atoms with E-state index in [1.165, 1.54) is 16.9 Å². The highest BCUT2D eigenvalue weighted by Gasteiger charge is 2.19. The van der Waals surface area contributed by atoms with E-state index in [-0.39, 0.29) is 0 Å². The lowest BCUT2D eigenvalue weighted by Crippen LogP contribution is -2.46. The van der Waals surface area contributed by atoms with Crippen LogP contribution in [0.4, 0.5) is 0 Å². The number of aromatic nitrogens is 3. The van der Waals surface area contributed by atoms with Crippen molar-refractivity contribution in [1.82, 2.24) is 24.4 Å². The molecule has 5 rings (SSSR count). The van der Waals surface area contributed by atoms with Gasteiger partial charge in [0, 0.05) is 50.6 Å². The molecule has 4 aromatic rings. The van der Waals surface area contributed by atoms with E-state index in [2.05, 4.69) is 50.2 Å². The minimum Gasteiger partial charge on any atom is -0.300 e. The van der Waals surface area contributed by atoms with Crippen LogP contribution in [-0.4, -0.2) is 67.1 Å². The van der Waals surface area contributed by atoms with Gasteiger partial charge in [-0.25, -0.2) is 9.50 Å². The van der Waals surface area contributed by atoms with Gasteiger partial charge in [-0.2, -0.15) is 0 Å². The van der Waals surface area contributed by atoms with Crippen LogP contribution in [0.15, 0.2) is 71.2 Å². The van der Waals surface area contributed by atoms with Crippen LogP contribution in [0.2, 0.25) is 0 Å². The molecule has 0 bridgehead atoms. The Kier molecular flexibility index (Phi) is 6.22. The summed E-state index contributed by atoms with van der Waals surface area (Å²) in [4.78, 5) is 10.3. The molecular formula is C23H25N5OS2. The Morgan fingerprint density at radius 1 is 0.903 bits per heavy atom. The summed E-state index contributed by atoms with van der Waals surface area (Å²) in [5.74, 6) is 0.612. The van der Waals surface area contributed by atoms with Crippen LogP contribution in [0.5, 0.6) is 0 Å². The Bertz CT molecular complexity index is 1120. The monoisotopic (exact) mass is 451 g/mol. The number of fused-ring (bicyclic) bond motifs is 1. The van der Waals surface area contributed by atoms with Gasteiger partial charge in [-0.1, -0.05) is 72.0 Å². The van der Waals surface area contributed by atoms with Gasteiger partial charge >= 0.3 is 0 Å². The fourth-order valence-electron chi connectivity index (χ4n) is 3.83. The van der Waals surface area contributed by atoms with E-state index >= 15 is 0 Å². The van der Waals surface area contributed by atoms with Crippen molar-refractivity contribution in [3.8, 4) is 11.3 Å². The number of hydrogen-bond acceptors (Lipinski definition) is 6. The number of piperazine rings is 1. The minimum absolute atomic E-state index is 0.612. The average molecular weight is 452 g/mol. The third-order valence-electron chi connectivity index (χ3n) is 5.60. The van der Waals surface area contributed by atoms with Crippen LogP contribution in [0.3, 0.4) is 0 Å². The van der Waals surface area contributed by atoms with Crippen LogP contribution < -0.4 is 0 Å². The molecule has 6 nitrogen and oxygen atoms in total. The molecule has 1 aliphatic rings. The quantitative estimate of drug-likeness (QED) is 0.431. The zero-order valence-electron chi connectivity index (χ0n) is 17.3. The highest BCUT2D eigenvalue weighted by Crippen LogP contribution is 2.23. The standard InChI is InChI=1S/C23H25N5OS2/c29-31(16-15-26-11-13-27(14-12-26)17-19-7-3-1-4-8-19)23-25-28-18-21(24-22(28)30-23)20-9-5-2-6-10-20/h1-10,18H,11-17H2. The van der Waals surface area contributed by atoms with Gasteiger partial charge in [0.2, 0.25) is 9.30 Å². The summed E-state index contributed by atoms with van der Waals surface area (Å²) >= 11 is 1.42. The van der Waals surface area contributed by atoms with Crippen LogP contribution >= 0.6 is 11.3 Å². The molecule has 1 atom stereocenters. The molecule has 2 aromatic heterocycles. The average Bonchev–Trinajstić information content (AvgIpc) is 3.39. The van der Waals surface area contributed by atoms with Gasteiger partial charge in [-0.15, -0.1) is 5.10 Å². The molecule has 1 saturated heterocycles. The first-order valence-corrected chi connectivity index (χ1v) is 12.7. The first-order chi connectivity index (χ1) is 15.2. The number of rotatable bonds is 7. The van der Waals surface area contributed by atoms with Crippen molar-refractivity contribution < 1.29 is 4.21 Å². The molecule has 1 aliphatic heterocycles. The highest BCUT2D eigenvalue weighted by molar-refractivity contribution is 7.87. The topological polar surface area (TPSA) is 53.7 Å². The number of hydrogen-bond donors (Lipinski definition) is 0. The normalized spacial score (nSPS) is 16.6. The summed E-state index contributed by atoms with van der Waals surface area (Å²) in [6, 6.07) is 20.7. The summed E-state index contributed by atoms with van der Waals surface area (Å²) in [6.45, 7) is 5.98. The van der Waals surface area contributed by atoms with E-state index < -0.39 is 10.8 Å². The van der Waals surface area contributed by atoms with Crippen molar-refractivity contribution in [2.75, 3.05) is 38.5 Å². The predicted molar refractivity (Wildman–Crippen MR) is 126 cm³/mol. The molecule has 0 radical (unpaired) electrons. The van der Waals surface area contributed by atoms with Crippen molar-refractivity contribution in [3.05, 3.63) is 72.4 Å². The van der Waals surface area contributed by atoms with Gasteiger partial charge in [-0.05, 0) is 5.56 Å². The summed E-state index contributed by atoms with van der Waals surface area (Å²) < 4.78 is 15.2. The first kappa shape index (κ1) is 20.5. The Morgan fingerprint density at radius 2 is 1.58 bits per heavy atom. The second-order valence-electron chi connectivity index (χ2n) is 7.74. The van der Waals surface area contributed by atoms with E-state index in [1.54, 1.807) is 4.52 Å². The van der Waals surface area contributed by atoms with Gasteiger partial charge in [0.05, 0.1) is 22.7 Å². The maximum Gasteiger partial charge on any atom is 0.213 e. The van der Waals surface area contributed by atoms with Gasteiger partial charge in [0.1, 0.15) is 0 Å². The van der Waals surface area contributed by atoms with Gasteiger partial charge in [0.25, 0.3) is 0 Å².